The molecule has 2 aliphatic rings. The van der Waals surface area contributed by atoms with Crippen LogP contribution in [0, 0.1) is 5.92 Å². The Kier molecular flexibility index (Phi) is 5.33. The van der Waals surface area contributed by atoms with Crippen molar-refractivity contribution in [3.8, 4) is 5.75 Å². The third kappa shape index (κ3) is 3.88. The number of fused-ring (bicyclic) bond motifs is 1. The lowest BCUT2D eigenvalue weighted by atomic mass is 9.91. The summed E-state index contributed by atoms with van der Waals surface area (Å²) in [4.78, 5) is 27.8. The number of rotatable bonds is 6. The van der Waals surface area contributed by atoms with Crippen molar-refractivity contribution in [2.24, 2.45) is 5.92 Å². The second-order valence-corrected chi connectivity index (χ2v) is 7.46. The summed E-state index contributed by atoms with van der Waals surface area (Å²) < 4.78 is 5.53. The van der Waals surface area contributed by atoms with E-state index in [-0.39, 0.29) is 17.7 Å². The van der Waals surface area contributed by atoms with E-state index in [0.717, 1.165) is 41.7 Å². The molecule has 5 nitrogen and oxygen atoms in total. The Morgan fingerprint density at radius 3 is 2.75 bits per heavy atom. The highest BCUT2D eigenvalue weighted by atomic mass is 16.5. The number of ether oxygens (including phenoxy) is 1. The number of nitrogens with one attached hydrogen (secondary N) is 1. The van der Waals surface area contributed by atoms with Gasteiger partial charge in [0.15, 0.2) is 0 Å². The first-order valence-corrected chi connectivity index (χ1v) is 10.0. The molecule has 1 N–H and O–H groups in total. The maximum absolute atomic E-state index is 13.2. The van der Waals surface area contributed by atoms with Crippen molar-refractivity contribution in [3.05, 3.63) is 65.2 Å². The third-order valence-electron chi connectivity index (χ3n) is 5.42. The Morgan fingerprint density at radius 2 is 1.96 bits per heavy atom. The topological polar surface area (TPSA) is 58.6 Å². The lowest BCUT2D eigenvalue weighted by Crippen LogP contribution is -2.47. The molecule has 2 amide bonds. The van der Waals surface area contributed by atoms with Crippen molar-refractivity contribution in [1.29, 1.82) is 0 Å². The quantitative estimate of drug-likeness (QED) is 0.840. The molecule has 1 heterocycles. The SMILES string of the molecule is CCOc1cccc(CNC(=O)[C@@H]2c3ccccc3CCN2C(=O)C2CC2)c1. The highest BCUT2D eigenvalue weighted by molar-refractivity contribution is 5.91. The molecule has 0 spiro atoms. The number of benzene rings is 2. The highest BCUT2D eigenvalue weighted by Crippen LogP contribution is 2.37. The molecule has 1 aliphatic heterocycles. The molecule has 0 saturated heterocycles. The number of hydrogen-bond donors (Lipinski definition) is 1. The molecular weight excluding hydrogens is 352 g/mol. The van der Waals surface area contributed by atoms with Crippen LogP contribution in [0.25, 0.3) is 0 Å². The summed E-state index contributed by atoms with van der Waals surface area (Å²) in [7, 11) is 0. The molecule has 28 heavy (non-hydrogen) atoms. The van der Waals surface area contributed by atoms with Gasteiger partial charge in [0, 0.05) is 19.0 Å². The number of hydrogen-bond acceptors (Lipinski definition) is 3. The van der Waals surface area contributed by atoms with E-state index >= 15 is 0 Å². The molecular formula is C23H26N2O3. The molecule has 0 radical (unpaired) electrons. The van der Waals surface area contributed by atoms with Gasteiger partial charge in [-0.2, -0.15) is 0 Å². The average molecular weight is 378 g/mol. The predicted octanol–water partition coefficient (Wildman–Crippen LogP) is 3.24. The molecule has 5 heteroatoms. The van der Waals surface area contributed by atoms with Crippen LogP contribution in [0.5, 0.6) is 5.75 Å². The van der Waals surface area contributed by atoms with Gasteiger partial charge in [-0.1, -0.05) is 36.4 Å². The van der Waals surface area contributed by atoms with Gasteiger partial charge < -0.3 is 15.0 Å². The van der Waals surface area contributed by atoms with E-state index in [1.807, 2.05) is 49.4 Å². The minimum Gasteiger partial charge on any atom is -0.494 e. The van der Waals surface area contributed by atoms with Crippen LogP contribution in [0.3, 0.4) is 0 Å². The van der Waals surface area contributed by atoms with Gasteiger partial charge >= 0.3 is 0 Å². The number of carbonyl (C=O) groups excluding carboxylic acids is 2. The minimum atomic E-state index is -0.548. The van der Waals surface area contributed by atoms with Crippen molar-refractivity contribution in [2.45, 2.75) is 38.8 Å². The van der Waals surface area contributed by atoms with Crippen molar-refractivity contribution in [2.75, 3.05) is 13.2 Å². The Balaban J connectivity index is 1.53. The smallest absolute Gasteiger partial charge is 0.247 e. The van der Waals surface area contributed by atoms with Crippen LogP contribution in [0.1, 0.15) is 42.5 Å². The summed E-state index contributed by atoms with van der Waals surface area (Å²) in [5, 5.41) is 3.03. The minimum absolute atomic E-state index is 0.100. The average Bonchev–Trinajstić information content (AvgIpc) is 3.56. The lowest BCUT2D eigenvalue weighted by Gasteiger charge is -2.36. The fraction of sp³-hybridized carbons (Fsp3) is 0.391. The maximum Gasteiger partial charge on any atom is 0.247 e. The summed E-state index contributed by atoms with van der Waals surface area (Å²) in [5.41, 5.74) is 3.08. The van der Waals surface area contributed by atoms with Crippen LogP contribution in [-0.2, 0) is 22.6 Å². The van der Waals surface area contributed by atoms with Crippen LogP contribution in [0.15, 0.2) is 48.5 Å². The summed E-state index contributed by atoms with van der Waals surface area (Å²) in [5.74, 6) is 0.891. The summed E-state index contributed by atoms with van der Waals surface area (Å²) in [6.45, 7) is 3.56. The second kappa shape index (κ2) is 8.05. The first kappa shape index (κ1) is 18.5. The predicted molar refractivity (Wildman–Crippen MR) is 107 cm³/mol. The van der Waals surface area contributed by atoms with Gasteiger partial charge in [-0.25, -0.2) is 0 Å². The fourth-order valence-corrected chi connectivity index (χ4v) is 3.85. The Bertz CT molecular complexity index is 876. The number of amides is 2. The summed E-state index contributed by atoms with van der Waals surface area (Å²) in [6.07, 6.45) is 2.68. The first-order chi connectivity index (χ1) is 13.7. The van der Waals surface area contributed by atoms with E-state index in [2.05, 4.69) is 11.4 Å². The van der Waals surface area contributed by atoms with Crippen LogP contribution in [0.4, 0.5) is 0 Å². The molecule has 1 aliphatic carbocycles. The van der Waals surface area contributed by atoms with Gasteiger partial charge in [0.2, 0.25) is 11.8 Å². The summed E-state index contributed by atoms with van der Waals surface area (Å²) in [6, 6.07) is 15.1. The zero-order valence-electron chi connectivity index (χ0n) is 16.2. The first-order valence-electron chi connectivity index (χ1n) is 10.0. The summed E-state index contributed by atoms with van der Waals surface area (Å²) >= 11 is 0. The van der Waals surface area contributed by atoms with Crippen LogP contribution in [-0.4, -0.2) is 29.9 Å². The number of nitrogens with zero attached hydrogens (tertiary/aromatic N) is 1. The van der Waals surface area contributed by atoms with Crippen LogP contribution in [0.2, 0.25) is 0 Å². The van der Waals surface area contributed by atoms with Crippen molar-refractivity contribution in [3.63, 3.8) is 0 Å². The molecule has 0 unspecified atom stereocenters. The van der Waals surface area contributed by atoms with Crippen molar-refractivity contribution >= 4 is 11.8 Å². The van der Waals surface area contributed by atoms with E-state index in [1.165, 1.54) is 0 Å². The fourth-order valence-electron chi connectivity index (χ4n) is 3.85. The lowest BCUT2D eigenvalue weighted by molar-refractivity contribution is -0.142. The molecule has 1 fully saturated rings. The second-order valence-electron chi connectivity index (χ2n) is 7.46. The number of carbonyl (C=O) groups is 2. The molecule has 0 bridgehead atoms. The molecule has 146 valence electrons. The van der Waals surface area contributed by atoms with E-state index in [9.17, 15) is 9.59 Å². The Morgan fingerprint density at radius 1 is 1.14 bits per heavy atom. The molecule has 2 aromatic carbocycles. The van der Waals surface area contributed by atoms with Gasteiger partial charge in [0.1, 0.15) is 11.8 Å². The molecule has 1 atom stereocenters. The largest absolute Gasteiger partial charge is 0.494 e. The van der Waals surface area contributed by atoms with Gasteiger partial charge in [-0.05, 0) is 55.0 Å². The zero-order chi connectivity index (χ0) is 19.5. The molecule has 0 aromatic heterocycles. The third-order valence-corrected chi connectivity index (χ3v) is 5.42. The van der Waals surface area contributed by atoms with Gasteiger partial charge in [0.25, 0.3) is 0 Å². The molecule has 2 aromatic rings. The van der Waals surface area contributed by atoms with Gasteiger partial charge in [-0.3, -0.25) is 9.59 Å². The standard InChI is InChI=1S/C23H26N2O3/c1-2-28-19-8-5-6-16(14-19)15-24-22(26)21-20-9-4-3-7-17(20)12-13-25(21)23(27)18-10-11-18/h3-9,14,18,21H,2,10-13,15H2,1H3,(H,24,26)/t21-/m0/s1. The monoisotopic (exact) mass is 378 g/mol. The van der Waals surface area contributed by atoms with E-state index in [1.54, 1.807) is 4.90 Å². The molecule has 1 saturated carbocycles. The molecule has 4 rings (SSSR count). The van der Waals surface area contributed by atoms with E-state index < -0.39 is 6.04 Å². The Hall–Kier alpha value is -2.82. The maximum atomic E-state index is 13.2. The highest BCUT2D eigenvalue weighted by Gasteiger charge is 2.41. The van der Waals surface area contributed by atoms with Gasteiger partial charge in [-0.15, -0.1) is 0 Å². The zero-order valence-corrected chi connectivity index (χ0v) is 16.2. The van der Waals surface area contributed by atoms with Crippen molar-refractivity contribution in [1.82, 2.24) is 10.2 Å². The van der Waals surface area contributed by atoms with Crippen LogP contribution < -0.4 is 10.1 Å². The van der Waals surface area contributed by atoms with E-state index in [0.29, 0.717) is 19.7 Å². The van der Waals surface area contributed by atoms with Crippen LogP contribution >= 0.6 is 0 Å². The van der Waals surface area contributed by atoms with Gasteiger partial charge in [0.05, 0.1) is 6.61 Å². The Labute approximate surface area is 165 Å². The normalized spacial score (nSPS) is 18.3. The van der Waals surface area contributed by atoms with E-state index in [4.69, 9.17) is 4.74 Å². The van der Waals surface area contributed by atoms with Crippen molar-refractivity contribution < 1.29 is 14.3 Å².